The Kier molecular flexibility index (Phi) is 4.76. The predicted molar refractivity (Wildman–Crippen MR) is 90.5 cm³/mol. The van der Waals surface area contributed by atoms with E-state index >= 15 is 0 Å². The lowest BCUT2D eigenvalue weighted by Crippen LogP contribution is -2.62. The maximum absolute atomic E-state index is 12.6. The summed E-state index contributed by atoms with van der Waals surface area (Å²) in [6.07, 6.45) is 0.650. The number of nitrogens with zero attached hydrogens (tertiary/aromatic N) is 1. The number of fused-ring (bicyclic) bond motifs is 1. The van der Waals surface area contributed by atoms with Crippen molar-refractivity contribution in [2.75, 3.05) is 13.7 Å². The third kappa shape index (κ3) is 3.11. The minimum atomic E-state index is -0.401. The molecule has 3 rings (SSSR count). The Morgan fingerprint density at radius 2 is 2.08 bits per heavy atom. The highest BCUT2D eigenvalue weighted by atomic mass is 16.5. The summed E-state index contributed by atoms with van der Waals surface area (Å²) in [5, 5.41) is 6.33. The van der Waals surface area contributed by atoms with Crippen molar-refractivity contribution in [1.82, 2.24) is 15.5 Å². The van der Waals surface area contributed by atoms with Crippen LogP contribution < -0.4 is 15.4 Å². The van der Waals surface area contributed by atoms with Gasteiger partial charge in [0.2, 0.25) is 11.8 Å². The van der Waals surface area contributed by atoms with Gasteiger partial charge in [0.15, 0.2) is 0 Å². The van der Waals surface area contributed by atoms with Crippen molar-refractivity contribution in [1.29, 1.82) is 0 Å². The van der Waals surface area contributed by atoms with Gasteiger partial charge in [-0.1, -0.05) is 32.0 Å². The predicted octanol–water partition coefficient (Wildman–Crippen LogP) is 0.909. The van der Waals surface area contributed by atoms with Crippen molar-refractivity contribution in [3.8, 4) is 5.75 Å². The number of hydrogen-bond donors (Lipinski definition) is 2. The Labute approximate surface area is 142 Å². The molecule has 6 nitrogen and oxygen atoms in total. The van der Waals surface area contributed by atoms with E-state index in [0.717, 1.165) is 11.3 Å². The molecule has 2 aliphatic heterocycles. The molecule has 2 amide bonds. The molecule has 2 heterocycles. The topological polar surface area (TPSA) is 70.7 Å². The lowest BCUT2D eigenvalue weighted by atomic mass is 9.98. The van der Waals surface area contributed by atoms with Crippen molar-refractivity contribution >= 4 is 11.8 Å². The first kappa shape index (κ1) is 16.8. The number of para-hydroxylation sites is 1. The molecule has 0 spiro atoms. The fourth-order valence-electron chi connectivity index (χ4n) is 3.52. The summed E-state index contributed by atoms with van der Waals surface area (Å²) in [7, 11) is 1.66. The second kappa shape index (κ2) is 6.81. The Hall–Kier alpha value is -2.08. The zero-order valence-corrected chi connectivity index (χ0v) is 14.4. The van der Waals surface area contributed by atoms with Crippen LogP contribution >= 0.6 is 0 Å². The third-order valence-electron chi connectivity index (χ3n) is 4.89. The molecule has 0 radical (unpaired) electrons. The van der Waals surface area contributed by atoms with Gasteiger partial charge in [-0.05, 0) is 18.4 Å². The summed E-state index contributed by atoms with van der Waals surface area (Å²) in [6, 6.07) is 7.22. The molecular formula is C18H25N3O3. The number of carbonyl (C=O) groups is 2. The number of amides is 2. The highest BCUT2D eigenvalue weighted by Crippen LogP contribution is 2.25. The van der Waals surface area contributed by atoms with E-state index < -0.39 is 6.04 Å². The molecule has 2 aliphatic rings. The minimum Gasteiger partial charge on any atom is -0.496 e. The second-order valence-corrected chi connectivity index (χ2v) is 6.86. The first-order valence-corrected chi connectivity index (χ1v) is 8.47. The first-order chi connectivity index (χ1) is 11.5. The quantitative estimate of drug-likeness (QED) is 0.841. The van der Waals surface area contributed by atoms with Crippen LogP contribution in [0.5, 0.6) is 5.75 Å². The van der Waals surface area contributed by atoms with Gasteiger partial charge in [0.05, 0.1) is 7.11 Å². The number of ether oxygens (including phenoxy) is 1. The van der Waals surface area contributed by atoms with Gasteiger partial charge in [0.1, 0.15) is 17.8 Å². The molecule has 1 aromatic carbocycles. The van der Waals surface area contributed by atoms with Crippen molar-refractivity contribution in [3.63, 3.8) is 0 Å². The van der Waals surface area contributed by atoms with Gasteiger partial charge in [-0.2, -0.15) is 0 Å². The Morgan fingerprint density at radius 1 is 1.33 bits per heavy atom. The van der Waals surface area contributed by atoms with Gasteiger partial charge in [-0.25, -0.2) is 0 Å². The maximum Gasteiger partial charge on any atom is 0.246 e. The van der Waals surface area contributed by atoms with Crippen LogP contribution in [0.4, 0.5) is 0 Å². The van der Waals surface area contributed by atoms with E-state index in [1.54, 1.807) is 12.0 Å². The largest absolute Gasteiger partial charge is 0.496 e. The molecule has 0 saturated carbocycles. The van der Waals surface area contributed by atoms with Crippen molar-refractivity contribution in [3.05, 3.63) is 29.8 Å². The summed E-state index contributed by atoms with van der Waals surface area (Å²) in [6.45, 7) is 5.14. The molecule has 6 heteroatoms. The number of methoxy groups -OCH3 is 1. The fourth-order valence-corrected chi connectivity index (χ4v) is 3.52. The highest BCUT2D eigenvalue weighted by molar-refractivity contribution is 5.97. The molecule has 24 heavy (non-hydrogen) atoms. The van der Waals surface area contributed by atoms with Gasteiger partial charge >= 0.3 is 0 Å². The van der Waals surface area contributed by atoms with Crippen LogP contribution in [0.3, 0.4) is 0 Å². The van der Waals surface area contributed by atoms with Gasteiger partial charge in [0, 0.05) is 24.7 Å². The van der Waals surface area contributed by atoms with E-state index in [1.807, 2.05) is 38.1 Å². The lowest BCUT2D eigenvalue weighted by molar-refractivity contribution is -0.148. The van der Waals surface area contributed by atoms with E-state index in [4.69, 9.17) is 4.74 Å². The summed E-state index contributed by atoms with van der Waals surface area (Å²) in [4.78, 5) is 26.6. The van der Waals surface area contributed by atoms with Gasteiger partial charge in [0.25, 0.3) is 0 Å². The van der Waals surface area contributed by atoms with E-state index in [-0.39, 0.29) is 29.8 Å². The van der Waals surface area contributed by atoms with Gasteiger partial charge < -0.3 is 20.3 Å². The number of piperazine rings is 1. The zero-order valence-electron chi connectivity index (χ0n) is 14.4. The van der Waals surface area contributed by atoms with Crippen molar-refractivity contribution in [2.24, 2.45) is 5.92 Å². The molecule has 130 valence electrons. The summed E-state index contributed by atoms with van der Waals surface area (Å²) in [5.74, 6) is 0.948. The van der Waals surface area contributed by atoms with E-state index in [2.05, 4.69) is 10.6 Å². The summed E-state index contributed by atoms with van der Waals surface area (Å²) in [5.41, 5.74) is 1.07. The number of carbonyl (C=O) groups excluding carboxylic acids is 2. The number of nitrogens with one attached hydrogen (secondary N) is 2. The molecule has 3 atom stereocenters. The minimum absolute atomic E-state index is 0.0325. The van der Waals surface area contributed by atoms with Crippen LogP contribution in [0, 0.1) is 5.92 Å². The average Bonchev–Trinajstić information content (AvgIpc) is 3.01. The molecule has 1 aromatic rings. The van der Waals surface area contributed by atoms with E-state index in [0.29, 0.717) is 19.5 Å². The normalized spacial score (nSPS) is 26.5. The molecule has 0 aliphatic carbocycles. The number of rotatable bonds is 5. The second-order valence-electron chi connectivity index (χ2n) is 6.86. The van der Waals surface area contributed by atoms with E-state index in [1.165, 1.54) is 0 Å². The SMILES string of the molecule is COc1ccccc1CN[C@H]1C[C@H]2C(=O)N[C@@H](C(C)C)C(=O)N2C1. The van der Waals surface area contributed by atoms with Crippen LogP contribution in [0.15, 0.2) is 24.3 Å². The Bertz CT molecular complexity index is 632. The van der Waals surface area contributed by atoms with Crippen molar-refractivity contribution < 1.29 is 14.3 Å². The molecule has 2 N–H and O–H groups in total. The molecule has 0 unspecified atom stereocenters. The average molecular weight is 331 g/mol. The smallest absolute Gasteiger partial charge is 0.246 e. The summed E-state index contributed by atoms with van der Waals surface area (Å²) >= 11 is 0. The van der Waals surface area contributed by atoms with Crippen molar-refractivity contribution in [2.45, 2.75) is 44.9 Å². The molecule has 2 fully saturated rings. The standard InChI is InChI=1S/C18H25N3O3/c1-11(2)16-18(23)21-10-13(8-14(21)17(22)20-16)19-9-12-6-4-5-7-15(12)24-3/h4-7,11,13-14,16,19H,8-10H2,1-3H3,(H,20,22)/t13-,14-,16-/m0/s1. The van der Waals surface area contributed by atoms with Crippen LogP contribution in [0.1, 0.15) is 25.8 Å². The van der Waals surface area contributed by atoms with Crippen LogP contribution in [-0.4, -0.2) is 48.5 Å². The monoisotopic (exact) mass is 331 g/mol. The van der Waals surface area contributed by atoms with Crippen LogP contribution in [0.25, 0.3) is 0 Å². The Morgan fingerprint density at radius 3 is 2.79 bits per heavy atom. The Balaban J connectivity index is 1.64. The molecule has 0 aromatic heterocycles. The lowest BCUT2D eigenvalue weighted by Gasteiger charge is -2.36. The number of benzene rings is 1. The fraction of sp³-hybridized carbons (Fsp3) is 0.556. The number of hydrogen-bond acceptors (Lipinski definition) is 4. The maximum atomic E-state index is 12.6. The summed E-state index contributed by atoms with van der Waals surface area (Å²) < 4.78 is 5.36. The van der Waals surface area contributed by atoms with Gasteiger partial charge in [-0.15, -0.1) is 0 Å². The zero-order chi connectivity index (χ0) is 17.3. The third-order valence-corrected chi connectivity index (χ3v) is 4.89. The first-order valence-electron chi connectivity index (χ1n) is 8.47. The van der Waals surface area contributed by atoms with E-state index in [9.17, 15) is 9.59 Å². The highest BCUT2D eigenvalue weighted by Gasteiger charge is 2.46. The van der Waals surface area contributed by atoms with Crippen LogP contribution in [-0.2, 0) is 16.1 Å². The molecular weight excluding hydrogens is 306 g/mol. The molecule has 0 bridgehead atoms. The molecule has 2 saturated heterocycles. The van der Waals surface area contributed by atoms with Crippen LogP contribution in [0.2, 0.25) is 0 Å². The van der Waals surface area contributed by atoms with Gasteiger partial charge in [-0.3, -0.25) is 9.59 Å².